The lowest BCUT2D eigenvalue weighted by molar-refractivity contribution is 0.0985. The monoisotopic (exact) mass is 478 g/mol. The molecule has 4 aromatic rings. The van der Waals surface area contributed by atoms with Gasteiger partial charge in [-0.05, 0) is 60.0 Å². The van der Waals surface area contributed by atoms with Crippen molar-refractivity contribution in [3.8, 4) is 11.1 Å². The molecule has 0 saturated carbocycles. The standard InChI is InChI=1S/C30H27FN4O/c1-3-7-21-14-27(19-34-18-21)35(30(36)22-8-5-4-6-9-22)20-25-11-10-24(16-28(25)31)23-12-13-29(33-2)26(15-23)17-32/h3-19,32-33H,20H2,1-2H3/b7-3+,32-17?. The predicted octanol–water partition coefficient (Wildman–Crippen LogP) is 6.81. The molecule has 0 aliphatic heterocycles. The van der Waals surface area contributed by atoms with Crippen molar-refractivity contribution in [1.29, 1.82) is 5.41 Å². The molecule has 3 aromatic carbocycles. The number of nitrogens with zero attached hydrogens (tertiary/aromatic N) is 2. The van der Waals surface area contributed by atoms with Crippen molar-refractivity contribution >= 4 is 29.6 Å². The first-order chi connectivity index (χ1) is 17.5. The minimum Gasteiger partial charge on any atom is -0.388 e. The Bertz CT molecular complexity index is 1420. The van der Waals surface area contributed by atoms with Crippen LogP contribution in [-0.2, 0) is 6.54 Å². The molecule has 1 aromatic heterocycles. The molecule has 0 fully saturated rings. The average Bonchev–Trinajstić information content (AvgIpc) is 2.92. The predicted molar refractivity (Wildman–Crippen MR) is 145 cm³/mol. The van der Waals surface area contributed by atoms with E-state index < -0.39 is 5.82 Å². The quantitative estimate of drug-likeness (QED) is 0.273. The van der Waals surface area contributed by atoms with Crippen LogP contribution in [0.15, 0.2) is 91.3 Å². The van der Waals surface area contributed by atoms with E-state index in [0.29, 0.717) is 27.9 Å². The number of carbonyl (C=O) groups is 1. The van der Waals surface area contributed by atoms with Crippen LogP contribution in [0.5, 0.6) is 0 Å². The number of allylic oxidation sites excluding steroid dienone is 1. The lowest BCUT2D eigenvalue weighted by Crippen LogP contribution is -2.31. The van der Waals surface area contributed by atoms with Gasteiger partial charge in [-0.25, -0.2) is 4.39 Å². The van der Waals surface area contributed by atoms with Gasteiger partial charge in [0.05, 0.1) is 18.4 Å². The largest absolute Gasteiger partial charge is 0.388 e. The first-order valence-electron chi connectivity index (χ1n) is 11.6. The van der Waals surface area contributed by atoms with Crippen LogP contribution >= 0.6 is 0 Å². The van der Waals surface area contributed by atoms with E-state index in [1.165, 1.54) is 12.3 Å². The number of amides is 1. The fraction of sp³-hybridized carbons (Fsp3) is 0.100. The number of halogens is 1. The lowest BCUT2D eigenvalue weighted by Gasteiger charge is -2.24. The van der Waals surface area contributed by atoms with Gasteiger partial charge in [0.1, 0.15) is 5.82 Å². The topological polar surface area (TPSA) is 69.1 Å². The highest BCUT2D eigenvalue weighted by Gasteiger charge is 2.20. The lowest BCUT2D eigenvalue weighted by atomic mass is 10.00. The Morgan fingerprint density at radius 2 is 1.78 bits per heavy atom. The van der Waals surface area contributed by atoms with Crippen molar-refractivity contribution in [3.05, 3.63) is 119 Å². The third kappa shape index (κ3) is 5.39. The van der Waals surface area contributed by atoms with Gasteiger partial charge >= 0.3 is 0 Å². The molecule has 2 N–H and O–H groups in total. The molecule has 36 heavy (non-hydrogen) atoms. The van der Waals surface area contributed by atoms with E-state index in [1.807, 2.05) is 55.5 Å². The summed E-state index contributed by atoms with van der Waals surface area (Å²) in [7, 11) is 1.79. The summed E-state index contributed by atoms with van der Waals surface area (Å²) in [6, 6.07) is 21.4. The molecule has 180 valence electrons. The van der Waals surface area contributed by atoms with E-state index in [1.54, 1.807) is 54.7 Å². The van der Waals surface area contributed by atoms with Crippen molar-refractivity contribution in [2.75, 3.05) is 17.3 Å². The van der Waals surface area contributed by atoms with Gasteiger partial charge in [-0.15, -0.1) is 0 Å². The second-order valence-corrected chi connectivity index (χ2v) is 8.24. The Hall–Kier alpha value is -4.58. The van der Waals surface area contributed by atoms with Gasteiger partial charge in [0, 0.05) is 41.8 Å². The highest BCUT2D eigenvalue weighted by Crippen LogP contribution is 2.28. The van der Waals surface area contributed by atoms with Gasteiger partial charge < -0.3 is 15.6 Å². The third-order valence-electron chi connectivity index (χ3n) is 5.87. The molecule has 6 heteroatoms. The number of benzene rings is 3. The van der Waals surface area contributed by atoms with E-state index >= 15 is 4.39 Å². The third-order valence-corrected chi connectivity index (χ3v) is 5.87. The van der Waals surface area contributed by atoms with Crippen LogP contribution in [0.2, 0.25) is 0 Å². The highest BCUT2D eigenvalue weighted by atomic mass is 19.1. The van der Waals surface area contributed by atoms with Crippen LogP contribution < -0.4 is 10.2 Å². The van der Waals surface area contributed by atoms with Crippen LogP contribution in [0.4, 0.5) is 15.8 Å². The normalized spacial score (nSPS) is 10.9. The molecule has 0 aliphatic carbocycles. The van der Waals surface area contributed by atoms with Crippen molar-refractivity contribution in [3.63, 3.8) is 0 Å². The molecular formula is C30H27FN4O. The van der Waals surface area contributed by atoms with Crippen LogP contribution in [-0.4, -0.2) is 24.2 Å². The van der Waals surface area contributed by atoms with Crippen molar-refractivity contribution < 1.29 is 9.18 Å². The number of rotatable bonds is 8. The van der Waals surface area contributed by atoms with Crippen LogP contribution in [0.1, 0.15) is 34.0 Å². The Kier molecular flexibility index (Phi) is 7.66. The van der Waals surface area contributed by atoms with Gasteiger partial charge in [-0.1, -0.05) is 48.6 Å². The summed E-state index contributed by atoms with van der Waals surface area (Å²) < 4.78 is 15.4. The number of anilines is 2. The number of pyridine rings is 1. The fourth-order valence-electron chi connectivity index (χ4n) is 4.01. The van der Waals surface area contributed by atoms with E-state index in [-0.39, 0.29) is 12.5 Å². The zero-order valence-corrected chi connectivity index (χ0v) is 20.2. The summed E-state index contributed by atoms with van der Waals surface area (Å²) >= 11 is 0. The molecule has 0 spiro atoms. The molecule has 0 bridgehead atoms. The summed E-state index contributed by atoms with van der Waals surface area (Å²) in [6.45, 7) is 1.96. The Morgan fingerprint density at radius 3 is 2.47 bits per heavy atom. The number of hydrogen-bond donors (Lipinski definition) is 2. The van der Waals surface area contributed by atoms with E-state index in [9.17, 15) is 4.79 Å². The molecule has 0 unspecified atom stereocenters. The number of carbonyl (C=O) groups excluding carboxylic acids is 1. The summed E-state index contributed by atoms with van der Waals surface area (Å²) in [5.41, 5.74) is 5.37. The maximum absolute atomic E-state index is 15.4. The Morgan fingerprint density at radius 1 is 1.03 bits per heavy atom. The fourth-order valence-corrected chi connectivity index (χ4v) is 4.01. The van der Waals surface area contributed by atoms with E-state index in [2.05, 4.69) is 10.3 Å². The Labute approximate surface area is 210 Å². The minimum atomic E-state index is -0.412. The zero-order chi connectivity index (χ0) is 25.5. The van der Waals surface area contributed by atoms with Crippen molar-refractivity contribution in [2.24, 2.45) is 0 Å². The van der Waals surface area contributed by atoms with Gasteiger partial charge in [0.2, 0.25) is 0 Å². The summed E-state index contributed by atoms with van der Waals surface area (Å²) in [5, 5.41) is 10.7. The molecular weight excluding hydrogens is 451 g/mol. The number of nitrogens with one attached hydrogen (secondary N) is 2. The summed E-state index contributed by atoms with van der Waals surface area (Å²) in [5.74, 6) is -0.651. The smallest absolute Gasteiger partial charge is 0.258 e. The molecule has 0 atom stereocenters. The number of hydrogen-bond acceptors (Lipinski definition) is 4. The highest BCUT2D eigenvalue weighted by molar-refractivity contribution is 6.06. The van der Waals surface area contributed by atoms with Crippen LogP contribution in [0.3, 0.4) is 0 Å². The van der Waals surface area contributed by atoms with Gasteiger partial charge in [0.25, 0.3) is 5.91 Å². The zero-order valence-electron chi connectivity index (χ0n) is 20.2. The SMILES string of the molecule is C/C=C/c1cncc(N(Cc2ccc(-c3ccc(NC)c(C=N)c3)cc2F)C(=O)c2ccccc2)c1. The summed E-state index contributed by atoms with van der Waals surface area (Å²) in [4.78, 5) is 19.3. The molecule has 0 aliphatic rings. The molecule has 1 heterocycles. The maximum Gasteiger partial charge on any atom is 0.258 e. The molecule has 4 rings (SSSR count). The maximum atomic E-state index is 15.4. The van der Waals surface area contributed by atoms with Crippen LogP contribution in [0.25, 0.3) is 17.2 Å². The van der Waals surface area contributed by atoms with Gasteiger partial charge in [0.15, 0.2) is 0 Å². The van der Waals surface area contributed by atoms with E-state index in [0.717, 1.165) is 16.8 Å². The van der Waals surface area contributed by atoms with E-state index in [4.69, 9.17) is 5.41 Å². The molecule has 0 saturated heterocycles. The van der Waals surface area contributed by atoms with Gasteiger partial charge in [-0.3, -0.25) is 9.78 Å². The number of aromatic nitrogens is 1. The summed E-state index contributed by atoms with van der Waals surface area (Å²) in [6.07, 6.45) is 8.39. The average molecular weight is 479 g/mol. The first kappa shape index (κ1) is 24.5. The first-order valence-corrected chi connectivity index (χ1v) is 11.6. The molecule has 0 radical (unpaired) electrons. The van der Waals surface area contributed by atoms with Crippen molar-refractivity contribution in [1.82, 2.24) is 4.98 Å². The molecule has 5 nitrogen and oxygen atoms in total. The Balaban J connectivity index is 1.70. The second-order valence-electron chi connectivity index (χ2n) is 8.24. The minimum absolute atomic E-state index is 0.0469. The second kappa shape index (κ2) is 11.2. The molecule has 1 amide bonds. The van der Waals surface area contributed by atoms with Gasteiger partial charge in [-0.2, -0.15) is 0 Å². The van der Waals surface area contributed by atoms with Crippen LogP contribution in [0, 0.1) is 11.2 Å². The van der Waals surface area contributed by atoms with Crippen molar-refractivity contribution in [2.45, 2.75) is 13.5 Å².